The van der Waals surface area contributed by atoms with Crippen LogP contribution in [0.15, 0.2) is 83.1 Å². The standard InChI is InChI=1S/C26H19FN4O5/c27-17-7-9-18(10-8-17)28-23(32)15-30-13-16(20-5-1-2-6-22(20)30)12-21-24(33)29-26(35)31(25(21)34)14-19-4-3-11-36-19/h1-13H,14-15H2,(H,28,32)(H,29,33,35). The van der Waals surface area contributed by atoms with Crippen molar-refractivity contribution in [1.29, 1.82) is 0 Å². The summed E-state index contributed by atoms with van der Waals surface area (Å²) in [6.45, 7) is -0.197. The maximum absolute atomic E-state index is 13.1. The first kappa shape index (κ1) is 22.8. The minimum atomic E-state index is -0.835. The fraction of sp³-hybridized carbons (Fsp3) is 0.0769. The fourth-order valence-electron chi connectivity index (χ4n) is 3.96. The number of nitrogens with one attached hydrogen (secondary N) is 2. The molecule has 2 N–H and O–H groups in total. The van der Waals surface area contributed by atoms with Crippen LogP contribution in [0.1, 0.15) is 11.3 Å². The molecule has 180 valence electrons. The Morgan fingerprint density at radius 1 is 1.03 bits per heavy atom. The molecule has 3 heterocycles. The normalized spacial score (nSPS) is 15.0. The first-order valence-corrected chi connectivity index (χ1v) is 10.9. The third-order valence-electron chi connectivity index (χ3n) is 5.64. The van der Waals surface area contributed by atoms with E-state index < -0.39 is 23.7 Å². The van der Waals surface area contributed by atoms with E-state index in [2.05, 4.69) is 10.6 Å². The molecular formula is C26H19FN4O5. The van der Waals surface area contributed by atoms with Crippen LogP contribution < -0.4 is 10.6 Å². The summed E-state index contributed by atoms with van der Waals surface area (Å²) in [5.74, 6) is -1.94. The molecule has 5 rings (SSSR count). The second-order valence-electron chi connectivity index (χ2n) is 8.07. The highest BCUT2D eigenvalue weighted by Gasteiger charge is 2.36. The monoisotopic (exact) mass is 486 g/mol. The van der Waals surface area contributed by atoms with Crippen molar-refractivity contribution in [3.63, 3.8) is 0 Å². The van der Waals surface area contributed by atoms with Crippen LogP contribution in [0.25, 0.3) is 17.0 Å². The van der Waals surface area contributed by atoms with Crippen molar-refractivity contribution in [3.8, 4) is 0 Å². The van der Waals surface area contributed by atoms with Gasteiger partial charge in [0.1, 0.15) is 23.7 Å². The summed E-state index contributed by atoms with van der Waals surface area (Å²) in [4.78, 5) is 51.4. The molecule has 1 aliphatic heterocycles. The number of imide groups is 2. The molecule has 0 saturated carbocycles. The molecule has 2 aromatic heterocycles. The minimum Gasteiger partial charge on any atom is -0.467 e. The number of hydrogen-bond donors (Lipinski definition) is 2. The van der Waals surface area contributed by atoms with E-state index in [4.69, 9.17) is 4.42 Å². The molecule has 1 saturated heterocycles. The van der Waals surface area contributed by atoms with Gasteiger partial charge in [0.25, 0.3) is 11.8 Å². The molecule has 9 nitrogen and oxygen atoms in total. The Kier molecular flexibility index (Phi) is 5.91. The maximum Gasteiger partial charge on any atom is 0.331 e. The average Bonchev–Trinajstić information content (AvgIpc) is 3.49. The highest BCUT2D eigenvalue weighted by molar-refractivity contribution is 6.31. The summed E-state index contributed by atoms with van der Waals surface area (Å²) in [5, 5.41) is 5.59. The van der Waals surface area contributed by atoms with Crippen molar-refractivity contribution in [2.75, 3.05) is 5.32 Å². The predicted molar refractivity (Wildman–Crippen MR) is 128 cm³/mol. The Morgan fingerprint density at radius 2 is 1.81 bits per heavy atom. The quantitative estimate of drug-likeness (QED) is 0.319. The number of furan rings is 1. The number of aromatic nitrogens is 1. The van der Waals surface area contributed by atoms with E-state index in [1.54, 1.807) is 47.2 Å². The second kappa shape index (κ2) is 9.34. The lowest BCUT2D eigenvalue weighted by atomic mass is 10.1. The van der Waals surface area contributed by atoms with Gasteiger partial charge in [0.15, 0.2) is 0 Å². The SMILES string of the molecule is O=C(Cn1cc(C=C2C(=O)NC(=O)N(Cc3ccco3)C2=O)c2ccccc21)Nc1ccc(F)cc1. The van der Waals surface area contributed by atoms with Crippen molar-refractivity contribution in [3.05, 3.63) is 95.8 Å². The van der Waals surface area contributed by atoms with Crippen LogP contribution in [0.3, 0.4) is 0 Å². The number of urea groups is 1. The van der Waals surface area contributed by atoms with Gasteiger partial charge in [-0.2, -0.15) is 0 Å². The fourth-order valence-corrected chi connectivity index (χ4v) is 3.96. The number of halogens is 1. The largest absolute Gasteiger partial charge is 0.467 e. The van der Waals surface area contributed by atoms with Crippen molar-refractivity contribution in [1.82, 2.24) is 14.8 Å². The van der Waals surface area contributed by atoms with Gasteiger partial charge in [0.2, 0.25) is 5.91 Å². The molecule has 0 bridgehead atoms. The number of amides is 5. The summed E-state index contributed by atoms with van der Waals surface area (Å²) in [6, 6.07) is 15.0. The van der Waals surface area contributed by atoms with Crippen molar-refractivity contribution in [2.24, 2.45) is 0 Å². The Balaban J connectivity index is 1.44. The summed E-state index contributed by atoms with van der Waals surface area (Å²) < 4.78 is 20.0. The van der Waals surface area contributed by atoms with E-state index >= 15 is 0 Å². The van der Waals surface area contributed by atoms with Crippen LogP contribution in [0.4, 0.5) is 14.9 Å². The summed E-state index contributed by atoms with van der Waals surface area (Å²) >= 11 is 0. The van der Waals surface area contributed by atoms with E-state index in [1.807, 2.05) is 0 Å². The van der Waals surface area contributed by atoms with Gasteiger partial charge in [-0.25, -0.2) is 9.18 Å². The molecule has 4 aromatic rings. The molecule has 0 unspecified atom stereocenters. The lowest BCUT2D eigenvalue weighted by Crippen LogP contribution is -2.53. The van der Waals surface area contributed by atoms with Gasteiger partial charge in [-0.05, 0) is 48.5 Å². The summed E-state index contributed by atoms with van der Waals surface area (Å²) in [5.41, 5.74) is 1.45. The topological polar surface area (TPSA) is 114 Å². The van der Waals surface area contributed by atoms with E-state index in [0.717, 1.165) is 4.90 Å². The molecule has 10 heteroatoms. The number of hydrogen-bond acceptors (Lipinski definition) is 5. The van der Waals surface area contributed by atoms with E-state index in [-0.39, 0.29) is 24.6 Å². The average molecular weight is 486 g/mol. The zero-order chi connectivity index (χ0) is 25.2. The molecule has 2 aromatic carbocycles. The Morgan fingerprint density at radius 3 is 2.56 bits per heavy atom. The second-order valence-corrected chi connectivity index (χ2v) is 8.07. The van der Waals surface area contributed by atoms with Crippen LogP contribution in [0.2, 0.25) is 0 Å². The Labute approximate surface area is 203 Å². The van der Waals surface area contributed by atoms with Gasteiger partial charge in [-0.1, -0.05) is 18.2 Å². The lowest BCUT2D eigenvalue weighted by Gasteiger charge is -2.25. The number of benzene rings is 2. The molecular weight excluding hydrogens is 467 g/mol. The molecule has 0 spiro atoms. The number of anilines is 1. The van der Waals surface area contributed by atoms with E-state index in [0.29, 0.717) is 27.9 Å². The molecule has 1 aliphatic rings. The molecule has 0 radical (unpaired) electrons. The van der Waals surface area contributed by atoms with Crippen molar-refractivity contribution in [2.45, 2.75) is 13.1 Å². The Hall–Kier alpha value is -4.99. The van der Waals surface area contributed by atoms with E-state index in [1.165, 1.54) is 36.6 Å². The number of barbiturate groups is 1. The predicted octanol–water partition coefficient (Wildman–Crippen LogP) is 3.67. The third kappa shape index (κ3) is 4.51. The Bertz CT molecular complexity index is 1520. The highest BCUT2D eigenvalue weighted by Crippen LogP contribution is 2.25. The van der Waals surface area contributed by atoms with Crippen LogP contribution in [0.5, 0.6) is 0 Å². The number of nitrogens with zero attached hydrogens (tertiary/aromatic N) is 2. The molecule has 5 amide bonds. The first-order chi connectivity index (χ1) is 17.4. The molecule has 0 atom stereocenters. The maximum atomic E-state index is 13.1. The van der Waals surface area contributed by atoms with Gasteiger partial charge in [0.05, 0.1) is 12.8 Å². The van der Waals surface area contributed by atoms with Crippen molar-refractivity contribution >= 4 is 46.4 Å². The van der Waals surface area contributed by atoms with E-state index in [9.17, 15) is 23.6 Å². The van der Waals surface area contributed by atoms with Gasteiger partial charge in [-0.15, -0.1) is 0 Å². The zero-order valence-electron chi connectivity index (χ0n) is 18.7. The zero-order valence-corrected chi connectivity index (χ0v) is 18.7. The van der Waals surface area contributed by atoms with Crippen LogP contribution in [-0.2, 0) is 27.5 Å². The summed E-state index contributed by atoms with van der Waals surface area (Å²) in [7, 11) is 0. The van der Waals surface area contributed by atoms with Gasteiger partial charge >= 0.3 is 6.03 Å². The van der Waals surface area contributed by atoms with Crippen LogP contribution in [0, 0.1) is 5.82 Å². The van der Waals surface area contributed by atoms with Gasteiger partial charge < -0.3 is 14.3 Å². The van der Waals surface area contributed by atoms with Crippen molar-refractivity contribution < 1.29 is 28.0 Å². The highest BCUT2D eigenvalue weighted by atomic mass is 19.1. The number of carbonyl (C=O) groups is 4. The molecule has 1 fully saturated rings. The minimum absolute atomic E-state index is 0.0652. The van der Waals surface area contributed by atoms with Crippen LogP contribution in [-0.4, -0.2) is 33.2 Å². The number of carbonyl (C=O) groups excluding carboxylic acids is 4. The van der Waals surface area contributed by atoms with Gasteiger partial charge in [-0.3, -0.25) is 24.6 Å². The van der Waals surface area contributed by atoms with Crippen LogP contribution >= 0.6 is 0 Å². The molecule has 0 aliphatic carbocycles. The number of rotatable bonds is 6. The van der Waals surface area contributed by atoms with Gasteiger partial charge in [0, 0.05) is 28.4 Å². The molecule has 36 heavy (non-hydrogen) atoms. The number of fused-ring (bicyclic) bond motifs is 1. The third-order valence-corrected chi connectivity index (χ3v) is 5.64. The smallest absolute Gasteiger partial charge is 0.331 e. The summed E-state index contributed by atoms with van der Waals surface area (Å²) in [6.07, 6.45) is 4.47. The first-order valence-electron chi connectivity index (χ1n) is 10.9. The lowest BCUT2D eigenvalue weighted by molar-refractivity contribution is -0.130. The number of para-hydroxylation sites is 1.